The Balaban J connectivity index is 1.80. The Kier molecular flexibility index (Phi) is 1.98. The van der Waals surface area contributed by atoms with Gasteiger partial charge < -0.3 is 4.90 Å². The molecule has 0 atom stereocenters. The lowest BCUT2D eigenvalue weighted by Gasteiger charge is -2.61. The highest BCUT2D eigenvalue weighted by Gasteiger charge is 2.53. The lowest BCUT2D eigenvalue weighted by Crippen LogP contribution is -2.76. The van der Waals surface area contributed by atoms with Crippen LogP contribution in [0.1, 0.15) is 6.42 Å². The van der Waals surface area contributed by atoms with Crippen LogP contribution in [0.3, 0.4) is 0 Å². The summed E-state index contributed by atoms with van der Waals surface area (Å²) in [5, 5.41) is 0. The fourth-order valence-corrected chi connectivity index (χ4v) is 2.17. The van der Waals surface area contributed by atoms with Gasteiger partial charge in [0.2, 0.25) is 6.41 Å². The van der Waals surface area contributed by atoms with E-state index < -0.39 is 6.43 Å². The predicted octanol–water partition coefficient (Wildman–Crippen LogP) is 0.168. The van der Waals surface area contributed by atoms with Crippen molar-refractivity contribution in [2.75, 3.05) is 26.2 Å². The number of halogens is 2. The van der Waals surface area contributed by atoms with Gasteiger partial charge in [-0.15, -0.1) is 0 Å². The Labute approximate surface area is 75.3 Å². The molecular weight excluding hydrogens is 178 g/mol. The smallest absolute Gasteiger partial charge is 0.251 e. The fourth-order valence-electron chi connectivity index (χ4n) is 2.17. The fraction of sp³-hybridized carbons (Fsp3) is 0.875. The van der Waals surface area contributed by atoms with Gasteiger partial charge in [0.05, 0.1) is 12.1 Å². The highest BCUT2D eigenvalue weighted by molar-refractivity contribution is 5.52. The van der Waals surface area contributed by atoms with Crippen molar-refractivity contribution in [3.05, 3.63) is 0 Å². The summed E-state index contributed by atoms with van der Waals surface area (Å²) in [5.41, 5.74) is -0.0728. The molecule has 0 saturated carbocycles. The summed E-state index contributed by atoms with van der Waals surface area (Å²) in [6, 6.07) is 0. The highest BCUT2D eigenvalue weighted by Crippen LogP contribution is 2.37. The van der Waals surface area contributed by atoms with Crippen molar-refractivity contribution >= 4 is 6.41 Å². The maximum absolute atomic E-state index is 11.9. The first kappa shape index (κ1) is 8.87. The number of alkyl halides is 2. The molecule has 2 heterocycles. The standard InChI is InChI=1S/C8H12F2N2O/c9-7(10)3-11-4-8(5-11)1-2-12(8)6-13/h6-7H,1-5H2. The number of rotatable bonds is 3. The van der Waals surface area contributed by atoms with E-state index in [1.165, 1.54) is 0 Å². The number of likely N-dealkylation sites (tertiary alicyclic amines) is 2. The van der Waals surface area contributed by atoms with Crippen molar-refractivity contribution < 1.29 is 13.6 Å². The number of carbonyl (C=O) groups excluding carboxylic acids is 1. The van der Waals surface area contributed by atoms with Crippen LogP contribution >= 0.6 is 0 Å². The Morgan fingerprint density at radius 1 is 1.46 bits per heavy atom. The third-order valence-electron chi connectivity index (χ3n) is 2.99. The van der Waals surface area contributed by atoms with E-state index in [4.69, 9.17) is 0 Å². The number of hydrogen-bond acceptors (Lipinski definition) is 2. The molecule has 1 amide bonds. The van der Waals surface area contributed by atoms with Gasteiger partial charge in [-0.05, 0) is 6.42 Å². The van der Waals surface area contributed by atoms with Gasteiger partial charge in [0.25, 0.3) is 6.43 Å². The molecule has 74 valence electrons. The normalized spacial score (nSPS) is 25.9. The van der Waals surface area contributed by atoms with Crippen LogP contribution in [-0.2, 0) is 4.79 Å². The second-order valence-electron chi connectivity index (χ2n) is 3.83. The lowest BCUT2D eigenvalue weighted by atomic mass is 9.78. The second-order valence-corrected chi connectivity index (χ2v) is 3.83. The maximum atomic E-state index is 11.9. The third-order valence-corrected chi connectivity index (χ3v) is 2.99. The van der Waals surface area contributed by atoms with Crippen LogP contribution in [-0.4, -0.2) is 54.4 Å². The quantitative estimate of drug-likeness (QED) is 0.592. The molecular formula is C8H12F2N2O. The van der Waals surface area contributed by atoms with Gasteiger partial charge in [-0.3, -0.25) is 9.69 Å². The summed E-state index contributed by atoms with van der Waals surface area (Å²) in [7, 11) is 0. The first-order valence-corrected chi connectivity index (χ1v) is 4.39. The van der Waals surface area contributed by atoms with Crippen LogP contribution in [0, 0.1) is 0 Å². The Morgan fingerprint density at radius 3 is 2.54 bits per heavy atom. The molecule has 2 aliphatic rings. The van der Waals surface area contributed by atoms with Crippen LogP contribution in [0.2, 0.25) is 0 Å². The van der Waals surface area contributed by atoms with Crippen molar-refractivity contribution in [2.24, 2.45) is 0 Å². The minimum Gasteiger partial charge on any atom is -0.337 e. The molecule has 0 unspecified atom stereocenters. The molecule has 13 heavy (non-hydrogen) atoms. The summed E-state index contributed by atoms with van der Waals surface area (Å²) in [4.78, 5) is 13.9. The van der Waals surface area contributed by atoms with E-state index >= 15 is 0 Å². The third kappa shape index (κ3) is 1.31. The van der Waals surface area contributed by atoms with Gasteiger partial charge in [0.1, 0.15) is 0 Å². The molecule has 2 saturated heterocycles. The van der Waals surface area contributed by atoms with Crippen LogP contribution in [0.4, 0.5) is 8.78 Å². The summed E-state index contributed by atoms with van der Waals surface area (Å²) in [6.07, 6.45) is -0.476. The minimum absolute atomic E-state index is 0.0728. The molecule has 0 aliphatic carbocycles. The first-order valence-electron chi connectivity index (χ1n) is 4.39. The van der Waals surface area contributed by atoms with Crippen molar-refractivity contribution in [1.82, 2.24) is 9.80 Å². The lowest BCUT2D eigenvalue weighted by molar-refractivity contribution is -0.155. The molecule has 0 aromatic heterocycles. The van der Waals surface area contributed by atoms with Gasteiger partial charge in [-0.1, -0.05) is 0 Å². The molecule has 0 bridgehead atoms. The highest BCUT2D eigenvalue weighted by atomic mass is 19.3. The van der Waals surface area contributed by atoms with Gasteiger partial charge >= 0.3 is 0 Å². The summed E-state index contributed by atoms with van der Waals surface area (Å²) in [6.45, 7) is 1.87. The minimum atomic E-state index is -2.26. The second kappa shape index (κ2) is 2.90. The van der Waals surface area contributed by atoms with E-state index in [0.29, 0.717) is 13.1 Å². The Bertz CT molecular complexity index is 216. The van der Waals surface area contributed by atoms with E-state index in [2.05, 4.69) is 0 Å². The van der Waals surface area contributed by atoms with E-state index in [1.807, 2.05) is 0 Å². The summed E-state index contributed by atoms with van der Waals surface area (Å²) in [5.74, 6) is 0. The molecule has 0 aromatic rings. The zero-order valence-electron chi connectivity index (χ0n) is 7.25. The Morgan fingerprint density at radius 2 is 2.15 bits per heavy atom. The van der Waals surface area contributed by atoms with E-state index in [1.54, 1.807) is 9.80 Å². The van der Waals surface area contributed by atoms with Crippen LogP contribution in [0.5, 0.6) is 0 Å². The van der Waals surface area contributed by atoms with Gasteiger partial charge in [0.15, 0.2) is 0 Å². The average molecular weight is 190 g/mol. The summed E-state index contributed by atoms with van der Waals surface area (Å²) >= 11 is 0. The predicted molar refractivity (Wildman–Crippen MR) is 42.6 cm³/mol. The Hall–Kier alpha value is -0.710. The molecule has 2 rings (SSSR count). The first-order chi connectivity index (χ1) is 6.16. The molecule has 0 radical (unpaired) electrons. The average Bonchev–Trinajstić information content (AvgIpc) is 1.93. The number of hydrogen-bond donors (Lipinski definition) is 0. The van der Waals surface area contributed by atoms with Crippen molar-refractivity contribution in [3.8, 4) is 0 Å². The molecule has 0 N–H and O–H groups in total. The van der Waals surface area contributed by atoms with Gasteiger partial charge in [-0.2, -0.15) is 0 Å². The van der Waals surface area contributed by atoms with E-state index in [9.17, 15) is 13.6 Å². The van der Waals surface area contributed by atoms with E-state index in [-0.39, 0.29) is 12.1 Å². The molecule has 5 heteroatoms. The largest absolute Gasteiger partial charge is 0.337 e. The molecule has 3 nitrogen and oxygen atoms in total. The van der Waals surface area contributed by atoms with Crippen LogP contribution in [0.25, 0.3) is 0 Å². The van der Waals surface area contributed by atoms with Crippen molar-refractivity contribution in [1.29, 1.82) is 0 Å². The van der Waals surface area contributed by atoms with Crippen LogP contribution in [0.15, 0.2) is 0 Å². The number of carbonyl (C=O) groups is 1. The zero-order valence-corrected chi connectivity index (χ0v) is 7.25. The number of amides is 1. The van der Waals surface area contributed by atoms with Gasteiger partial charge in [-0.25, -0.2) is 8.78 Å². The molecule has 2 fully saturated rings. The SMILES string of the molecule is O=CN1CCC12CN(CC(F)F)C2. The monoisotopic (exact) mass is 190 g/mol. The molecule has 0 aromatic carbocycles. The maximum Gasteiger partial charge on any atom is 0.251 e. The molecule has 1 spiro atoms. The van der Waals surface area contributed by atoms with Crippen molar-refractivity contribution in [2.45, 2.75) is 18.4 Å². The zero-order chi connectivity index (χ0) is 9.47. The van der Waals surface area contributed by atoms with E-state index in [0.717, 1.165) is 19.4 Å². The summed E-state index contributed by atoms with van der Waals surface area (Å²) < 4.78 is 23.9. The van der Waals surface area contributed by atoms with Crippen LogP contribution < -0.4 is 0 Å². The molecule has 2 aliphatic heterocycles. The van der Waals surface area contributed by atoms with Crippen molar-refractivity contribution in [3.63, 3.8) is 0 Å². The van der Waals surface area contributed by atoms with Gasteiger partial charge in [0, 0.05) is 19.6 Å². The topological polar surface area (TPSA) is 23.6 Å². The number of nitrogens with zero attached hydrogens (tertiary/aromatic N) is 2.